The highest BCUT2D eigenvalue weighted by molar-refractivity contribution is 5.71. The number of hydrogen-bond acceptors (Lipinski definition) is 6. The maximum Gasteiger partial charge on any atom is 0.306 e. The molecule has 0 aromatic carbocycles. The van der Waals surface area contributed by atoms with E-state index in [2.05, 4.69) is 20.8 Å². The van der Waals surface area contributed by atoms with Crippen molar-refractivity contribution in [2.45, 2.75) is 309 Å². The minimum Gasteiger partial charge on any atom is -0.462 e. The zero-order valence-corrected chi connectivity index (χ0v) is 40.1. The largest absolute Gasteiger partial charge is 0.462 e. The van der Waals surface area contributed by atoms with Crippen molar-refractivity contribution in [3.05, 3.63) is 0 Å². The van der Waals surface area contributed by atoms with Crippen LogP contribution in [0.15, 0.2) is 0 Å². The molecule has 6 heteroatoms. The second-order valence-electron chi connectivity index (χ2n) is 18.2. The van der Waals surface area contributed by atoms with Gasteiger partial charge in [-0.05, 0) is 19.3 Å². The molecule has 0 aliphatic rings. The zero-order valence-electron chi connectivity index (χ0n) is 40.1. The van der Waals surface area contributed by atoms with Crippen molar-refractivity contribution in [3.63, 3.8) is 0 Å². The Balaban J connectivity index is 4.27. The molecule has 0 rings (SSSR count). The van der Waals surface area contributed by atoms with Gasteiger partial charge < -0.3 is 14.2 Å². The van der Waals surface area contributed by atoms with Gasteiger partial charge in [0.25, 0.3) is 0 Å². The van der Waals surface area contributed by atoms with Gasteiger partial charge in [-0.2, -0.15) is 0 Å². The molecule has 350 valence electrons. The van der Waals surface area contributed by atoms with E-state index in [1.54, 1.807) is 0 Å². The highest BCUT2D eigenvalue weighted by Gasteiger charge is 2.19. The lowest BCUT2D eigenvalue weighted by Gasteiger charge is -2.18. The third-order valence-corrected chi connectivity index (χ3v) is 12.1. The topological polar surface area (TPSA) is 78.9 Å². The molecular formula is C53H102O6. The van der Waals surface area contributed by atoms with Crippen molar-refractivity contribution in [2.24, 2.45) is 0 Å². The Hall–Kier alpha value is -1.59. The number of hydrogen-bond donors (Lipinski definition) is 0. The highest BCUT2D eigenvalue weighted by Crippen LogP contribution is 2.17. The van der Waals surface area contributed by atoms with Crippen LogP contribution in [0.1, 0.15) is 303 Å². The summed E-state index contributed by atoms with van der Waals surface area (Å²) in [6.07, 6.45) is 52.3. The van der Waals surface area contributed by atoms with Gasteiger partial charge in [-0.1, -0.05) is 265 Å². The number of carbonyl (C=O) groups excluding carboxylic acids is 3. The van der Waals surface area contributed by atoms with Crippen LogP contribution in [0.4, 0.5) is 0 Å². The minimum absolute atomic E-state index is 0.0616. The summed E-state index contributed by atoms with van der Waals surface area (Å²) >= 11 is 0. The lowest BCUT2D eigenvalue weighted by atomic mass is 10.0. The van der Waals surface area contributed by atoms with Gasteiger partial charge >= 0.3 is 17.9 Å². The summed E-state index contributed by atoms with van der Waals surface area (Å²) in [5.74, 6) is -0.840. The third-order valence-electron chi connectivity index (χ3n) is 12.1. The maximum atomic E-state index is 12.8. The Labute approximate surface area is 368 Å². The number of rotatable bonds is 49. The molecule has 0 saturated heterocycles. The van der Waals surface area contributed by atoms with E-state index in [1.807, 2.05) is 0 Å². The van der Waals surface area contributed by atoms with Gasteiger partial charge in [-0.15, -0.1) is 0 Å². The molecule has 0 aromatic heterocycles. The normalized spacial score (nSPS) is 11.8. The number of carbonyl (C=O) groups is 3. The third kappa shape index (κ3) is 47.3. The van der Waals surface area contributed by atoms with Gasteiger partial charge in [0.15, 0.2) is 6.10 Å². The summed E-state index contributed by atoms with van der Waals surface area (Å²) in [6, 6.07) is 0. The average Bonchev–Trinajstić information content (AvgIpc) is 3.23. The van der Waals surface area contributed by atoms with Crippen molar-refractivity contribution in [3.8, 4) is 0 Å². The predicted octanol–water partition coefficient (Wildman–Crippen LogP) is 17.2. The molecule has 0 amide bonds. The summed E-state index contributed by atoms with van der Waals surface area (Å²) in [5.41, 5.74) is 0. The lowest BCUT2D eigenvalue weighted by molar-refractivity contribution is -0.167. The van der Waals surface area contributed by atoms with E-state index < -0.39 is 6.10 Å². The SMILES string of the molecule is CCCCCCCCCCCCCCCCCCCC(=O)OC[C@H](COC(=O)CCCCCCCCCCCCC)OC(=O)CCCCCCCCCCCCCCC. The van der Waals surface area contributed by atoms with Gasteiger partial charge in [0.05, 0.1) is 0 Å². The molecule has 0 saturated carbocycles. The fourth-order valence-corrected chi connectivity index (χ4v) is 8.09. The molecule has 0 bridgehead atoms. The molecule has 0 aliphatic carbocycles. The van der Waals surface area contributed by atoms with Crippen molar-refractivity contribution in [1.29, 1.82) is 0 Å². The van der Waals surface area contributed by atoms with Crippen LogP contribution in [0.25, 0.3) is 0 Å². The van der Waals surface area contributed by atoms with Gasteiger partial charge in [-0.3, -0.25) is 14.4 Å². The molecular weight excluding hydrogens is 733 g/mol. The van der Waals surface area contributed by atoms with Crippen molar-refractivity contribution < 1.29 is 28.6 Å². The van der Waals surface area contributed by atoms with Gasteiger partial charge in [0.1, 0.15) is 13.2 Å². The van der Waals surface area contributed by atoms with Crippen LogP contribution < -0.4 is 0 Å². The van der Waals surface area contributed by atoms with E-state index in [4.69, 9.17) is 14.2 Å². The average molecular weight is 835 g/mol. The van der Waals surface area contributed by atoms with Crippen LogP contribution in [0.2, 0.25) is 0 Å². The summed E-state index contributed by atoms with van der Waals surface area (Å²) < 4.78 is 16.8. The van der Waals surface area contributed by atoms with E-state index in [0.29, 0.717) is 19.3 Å². The van der Waals surface area contributed by atoms with E-state index in [9.17, 15) is 14.4 Å². The molecule has 0 unspecified atom stereocenters. The highest BCUT2D eigenvalue weighted by atomic mass is 16.6. The first kappa shape index (κ1) is 57.4. The number of ether oxygens (including phenoxy) is 3. The second kappa shape index (κ2) is 49.1. The monoisotopic (exact) mass is 835 g/mol. The fourth-order valence-electron chi connectivity index (χ4n) is 8.09. The standard InChI is InChI=1S/C53H102O6/c1-4-7-10-13-16-19-22-24-25-26-27-29-31-34-37-40-43-46-52(55)58-49-50(48-57-51(54)45-42-39-36-33-30-21-18-15-12-9-6-3)59-53(56)47-44-41-38-35-32-28-23-20-17-14-11-8-5-2/h50H,4-49H2,1-3H3/t50-/m0/s1. The Kier molecular flexibility index (Phi) is 47.7. The minimum atomic E-state index is -0.759. The molecule has 1 atom stereocenters. The molecule has 6 nitrogen and oxygen atoms in total. The van der Waals surface area contributed by atoms with Crippen molar-refractivity contribution in [2.75, 3.05) is 13.2 Å². The van der Waals surface area contributed by atoms with Gasteiger partial charge in [0.2, 0.25) is 0 Å². The maximum absolute atomic E-state index is 12.8. The quantitative estimate of drug-likeness (QED) is 0.0345. The first-order valence-electron chi connectivity index (χ1n) is 26.5. The van der Waals surface area contributed by atoms with E-state index >= 15 is 0 Å². The van der Waals surface area contributed by atoms with Crippen molar-refractivity contribution >= 4 is 17.9 Å². The van der Waals surface area contributed by atoms with Crippen molar-refractivity contribution in [1.82, 2.24) is 0 Å². The summed E-state index contributed by atoms with van der Waals surface area (Å²) in [4.78, 5) is 37.9. The van der Waals surface area contributed by atoms with E-state index in [1.165, 1.54) is 205 Å². The molecule has 59 heavy (non-hydrogen) atoms. The van der Waals surface area contributed by atoms with E-state index in [-0.39, 0.29) is 31.1 Å². The lowest BCUT2D eigenvalue weighted by Crippen LogP contribution is -2.30. The smallest absolute Gasteiger partial charge is 0.306 e. The van der Waals surface area contributed by atoms with Crippen LogP contribution in [-0.4, -0.2) is 37.2 Å². The molecule has 0 radical (unpaired) electrons. The van der Waals surface area contributed by atoms with Crippen LogP contribution in [-0.2, 0) is 28.6 Å². The molecule has 0 N–H and O–H groups in total. The van der Waals surface area contributed by atoms with Gasteiger partial charge in [0, 0.05) is 19.3 Å². The van der Waals surface area contributed by atoms with Crippen LogP contribution in [0, 0.1) is 0 Å². The molecule has 0 fully saturated rings. The predicted molar refractivity (Wildman–Crippen MR) is 252 cm³/mol. The Bertz CT molecular complexity index is 874. The van der Waals surface area contributed by atoms with Crippen LogP contribution in [0.3, 0.4) is 0 Å². The second-order valence-corrected chi connectivity index (χ2v) is 18.2. The molecule has 0 aromatic rings. The van der Waals surface area contributed by atoms with Gasteiger partial charge in [-0.25, -0.2) is 0 Å². The fraction of sp³-hybridized carbons (Fsp3) is 0.943. The Morgan fingerprint density at radius 1 is 0.271 bits per heavy atom. The molecule has 0 spiro atoms. The summed E-state index contributed by atoms with van der Waals surface area (Å²) in [5, 5.41) is 0. The van der Waals surface area contributed by atoms with Crippen LogP contribution in [0.5, 0.6) is 0 Å². The van der Waals surface area contributed by atoms with E-state index in [0.717, 1.165) is 57.8 Å². The number of unbranched alkanes of at least 4 members (excludes halogenated alkanes) is 38. The van der Waals surface area contributed by atoms with Crippen LogP contribution >= 0.6 is 0 Å². The first-order chi connectivity index (χ1) is 29.0. The summed E-state index contributed by atoms with van der Waals surface area (Å²) in [7, 11) is 0. The Morgan fingerprint density at radius 2 is 0.458 bits per heavy atom. The molecule has 0 aliphatic heterocycles. The summed E-state index contributed by atoms with van der Waals surface area (Å²) in [6.45, 7) is 6.68. The zero-order chi connectivity index (χ0) is 43.0. The Morgan fingerprint density at radius 3 is 0.678 bits per heavy atom. The number of esters is 3. The molecule has 0 heterocycles. The first-order valence-corrected chi connectivity index (χ1v) is 26.5.